The van der Waals surface area contributed by atoms with Crippen LogP contribution in [0.5, 0.6) is 0 Å². The summed E-state index contributed by atoms with van der Waals surface area (Å²) in [5, 5.41) is 6.59. The zero-order chi connectivity index (χ0) is 19.9. The highest BCUT2D eigenvalue weighted by atomic mass is 32.2. The van der Waals surface area contributed by atoms with Crippen LogP contribution in [0.4, 0.5) is 5.69 Å². The number of nitrogens with zero attached hydrogens (tertiary/aromatic N) is 2. The van der Waals surface area contributed by atoms with E-state index >= 15 is 0 Å². The smallest absolute Gasteiger partial charge is 0.251 e. The Morgan fingerprint density at radius 3 is 2.46 bits per heavy atom. The van der Waals surface area contributed by atoms with Crippen molar-refractivity contribution in [1.82, 2.24) is 14.9 Å². The Morgan fingerprint density at radius 1 is 1.11 bits per heavy atom. The number of rotatable bonds is 7. The van der Waals surface area contributed by atoms with Crippen LogP contribution in [0.15, 0.2) is 72.1 Å². The molecule has 144 valence electrons. The Morgan fingerprint density at radius 2 is 1.82 bits per heavy atom. The van der Waals surface area contributed by atoms with E-state index in [1.807, 2.05) is 55.1 Å². The van der Waals surface area contributed by atoms with Crippen LogP contribution in [-0.2, 0) is 11.8 Å². The fourth-order valence-electron chi connectivity index (χ4n) is 2.63. The molecule has 7 heteroatoms. The van der Waals surface area contributed by atoms with Gasteiger partial charge in [-0.1, -0.05) is 42.1 Å². The normalized spacial score (nSPS) is 11.6. The molecule has 2 amide bonds. The molecule has 2 N–H and O–H groups in total. The van der Waals surface area contributed by atoms with Crippen molar-refractivity contribution in [2.45, 2.75) is 18.1 Å². The molecule has 0 aliphatic heterocycles. The fourth-order valence-corrected chi connectivity index (χ4v) is 3.36. The first kappa shape index (κ1) is 19.7. The van der Waals surface area contributed by atoms with E-state index in [9.17, 15) is 9.59 Å². The first-order chi connectivity index (χ1) is 13.5. The lowest BCUT2D eigenvalue weighted by Crippen LogP contribution is -2.26. The Labute approximate surface area is 168 Å². The number of imidazole rings is 1. The summed E-state index contributed by atoms with van der Waals surface area (Å²) < 4.78 is 1.86. The van der Waals surface area contributed by atoms with Crippen molar-refractivity contribution in [2.24, 2.45) is 7.05 Å². The van der Waals surface area contributed by atoms with Crippen molar-refractivity contribution in [1.29, 1.82) is 0 Å². The van der Waals surface area contributed by atoms with Gasteiger partial charge >= 0.3 is 0 Å². The van der Waals surface area contributed by atoms with Gasteiger partial charge in [0.15, 0.2) is 5.16 Å². The molecule has 28 heavy (non-hydrogen) atoms. The molecule has 0 saturated heterocycles. The van der Waals surface area contributed by atoms with Crippen molar-refractivity contribution in [3.63, 3.8) is 0 Å². The minimum Gasteiger partial charge on any atom is -0.346 e. The third-order valence-electron chi connectivity index (χ3n) is 4.19. The van der Waals surface area contributed by atoms with Crippen LogP contribution in [0.1, 0.15) is 28.9 Å². The summed E-state index contributed by atoms with van der Waals surface area (Å²) in [4.78, 5) is 28.7. The van der Waals surface area contributed by atoms with Crippen LogP contribution in [0.3, 0.4) is 0 Å². The van der Waals surface area contributed by atoms with E-state index in [2.05, 4.69) is 15.6 Å². The van der Waals surface area contributed by atoms with E-state index in [4.69, 9.17) is 0 Å². The molecule has 3 rings (SSSR count). The molecule has 1 aromatic heterocycles. The van der Waals surface area contributed by atoms with Crippen LogP contribution in [-0.4, -0.2) is 27.1 Å². The molecule has 0 aliphatic rings. The van der Waals surface area contributed by atoms with Gasteiger partial charge in [0, 0.05) is 30.7 Å². The quantitative estimate of drug-likeness (QED) is 0.600. The molecule has 0 radical (unpaired) electrons. The number of anilines is 1. The van der Waals surface area contributed by atoms with Gasteiger partial charge in [0.05, 0.1) is 11.8 Å². The molecule has 0 aliphatic carbocycles. The average Bonchev–Trinajstić information content (AvgIpc) is 3.12. The van der Waals surface area contributed by atoms with Crippen LogP contribution < -0.4 is 10.6 Å². The van der Waals surface area contributed by atoms with E-state index in [0.717, 1.165) is 10.7 Å². The SMILES string of the molecule is C[C@H](NC(=O)c1ccc(NC(=O)CSc2nccn2C)cc1)c1ccccc1. The number of aryl methyl sites for hydroxylation is 1. The summed E-state index contributed by atoms with van der Waals surface area (Å²) >= 11 is 1.37. The molecule has 1 atom stereocenters. The highest BCUT2D eigenvalue weighted by Gasteiger charge is 2.12. The highest BCUT2D eigenvalue weighted by molar-refractivity contribution is 7.99. The molecule has 0 bridgehead atoms. The second-order valence-corrected chi connectivity index (χ2v) is 7.28. The average molecular weight is 395 g/mol. The fraction of sp³-hybridized carbons (Fsp3) is 0.190. The molecule has 1 heterocycles. The van der Waals surface area contributed by atoms with Crippen molar-refractivity contribution in [3.8, 4) is 0 Å². The second kappa shape index (κ2) is 9.23. The van der Waals surface area contributed by atoms with Crippen LogP contribution >= 0.6 is 11.8 Å². The summed E-state index contributed by atoms with van der Waals surface area (Å²) in [6.07, 6.45) is 3.53. The lowest BCUT2D eigenvalue weighted by molar-refractivity contribution is -0.113. The Balaban J connectivity index is 1.52. The molecular weight excluding hydrogens is 372 g/mol. The van der Waals surface area contributed by atoms with E-state index in [-0.39, 0.29) is 23.6 Å². The van der Waals surface area contributed by atoms with Gasteiger partial charge in [-0.15, -0.1) is 0 Å². The number of carbonyl (C=O) groups excluding carboxylic acids is 2. The number of carbonyl (C=O) groups is 2. The summed E-state index contributed by atoms with van der Waals surface area (Å²) in [5.74, 6) is -0.00994. The molecule has 3 aromatic rings. The van der Waals surface area contributed by atoms with Gasteiger partial charge in [-0.05, 0) is 36.8 Å². The van der Waals surface area contributed by atoms with Crippen molar-refractivity contribution in [3.05, 3.63) is 78.1 Å². The Hall–Kier alpha value is -3.06. The second-order valence-electron chi connectivity index (χ2n) is 6.34. The van der Waals surface area contributed by atoms with Gasteiger partial charge in [0.2, 0.25) is 5.91 Å². The third-order valence-corrected chi connectivity index (χ3v) is 5.25. The predicted octanol–water partition coefficient (Wildman–Crippen LogP) is 3.64. The van der Waals surface area contributed by atoms with E-state index in [0.29, 0.717) is 11.3 Å². The van der Waals surface area contributed by atoms with Crippen molar-refractivity contribution in [2.75, 3.05) is 11.1 Å². The lowest BCUT2D eigenvalue weighted by atomic mass is 10.1. The third kappa shape index (κ3) is 5.23. The van der Waals surface area contributed by atoms with Gasteiger partial charge in [-0.2, -0.15) is 0 Å². The minimum atomic E-state index is -0.153. The van der Waals surface area contributed by atoms with Gasteiger partial charge in [-0.3, -0.25) is 9.59 Å². The van der Waals surface area contributed by atoms with Gasteiger partial charge < -0.3 is 15.2 Å². The minimum absolute atomic E-state index is 0.0868. The molecule has 0 saturated carbocycles. The van der Waals surface area contributed by atoms with Crippen molar-refractivity contribution >= 4 is 29.3 Å². The number of aromatic nitrogens is 2. The topological polar surface area (TPSA) is 76.0 Å². The number of amides is 2. The number of hydrogen-bond donors (Lipinski definition) is 2. The summed E-state index contributed by atoms with van der Waals surface area (Å²) in [7, 11) is 1.88. The monoisotopic (exact) mass is 394 g/mol. The maximum absolute atomic E-state index is 12.4. The van der Waals surface area contributed by atoms with Crippen LogP contribution in [0.25, 0.3) is 0 Å². The predicted molar refractivity (Wildman–Crippen MR) is 111 cm³/mol. The first-order valence-electron chi connectivity index (χ1n) is 8.89. The first-order valence-corrected chi connectivity index (χ1v) is 9.87. The molecule has 0 unspecified atom stereocenters. The Bertz CT molecular complexity index is 939. The molecule has 0 fully saturated rings. The molecular formula is C21H22N4O2S. The van der Waals surface area contributed by atoms with E-state index in [1.54, 1.807) is 30.5 Å². The standard InChI is InChI=1S/C21H22N4O2S/c1-15(16-6-4-3-5-7-16)23-20(27)17-8-10-18(11-9-17)24-19(26)14-28-21-22-12-13-25(21)2/h3-13,15H,14H2,1-2H3,(H,23,27)(H,24,26)/t15-/m0/s1. The number of hydrogen-bond acceptors (Lipinski definition) is 4. The van der Waals surface area contributed by atoms with Crippen molar-refractivity contribution < 1.29 is 9.59 Å². The van der Waals surface area contributed by atoms with E-state index in [1.165, 1.54) is 11.8 Å². The van der Waals surface area contributed by atoms with Gasteiger partial charge in [0.25, 0.3) is 5.91 Å². The van der Waals surface area contributed by atoms with Gasteiger partial charge in [-0.25, -0.2) is 4.98 Å². The van der Waals surface area contributed by atoms with Crippen LogP contribution in [0.2, 0.25) is 0 Å². The van der Waals surface area contributed by atoms with Crippen LogP contribution in [0, 0.1) is 0 Å². The molecule has 6 nitrogen and oxygen atoms in total. The molecule has 2 aromatic carbocycles. The van der Waals surface area contributed by atoms with Gasteiger partial charge in [0.1, 0.15) is 0 Å². The summed E-state index contributed by atoms with van der Waals surface area (Å²) in [6, 6.07) is 16.6. The maximum Gasteiger partial charge on any atom is 0.251 e. The zero-order valence-corrected chi connectivity index (χ0v) is 16.6. The Kier molecular flexibility index (Phi) is 6.49. The summed E-state index contributed by atoms with van der Waals surface area (Å²) in [5.41, 5.74) is 2.24. The lowest BCUT2D eigenvalue weighted by Gasteiger charge is -2.14. The number of nitrogens with one attached hydrogen (secondary N) is 2. The van der Waals surface area contributed by atoms with E-state index < -0.39 is 0 Å². The number of thioether (sulfide) groups is 1. The highest BCUT2D eigenvalue weighted by Crippen LogP contribution is 2.16. The zero-order valence-electron chi connectivity index (χ0n) is 15.8. The maximum atomic E-state index is 12.4. The largest absolute Gasteiger partial charge is 0.346 e. The number of benzene rings is 2. The summed E-state index contributed by atoms with van der Waals surface area (Å²) in [6.45, 7) is 1.95. The molecule has 0 spiro atoms.